The molecule has 230 valence electrons. The first-order valence-corrected chi connectivity index (χ1v) is 14.7. The van der Waals surface area contributed by atoms with Crippen molar-refractivity contribution in [3.05, 3.63) is 77.9 Å². The summed E-state index contributed by atoms with van der Waals surface area (Å²) in [7, 11) is 2.99. The maximum Gasteiger partial charge on any atom is 0.258 e. The number of hydrogen-bond acceptors (Lipinski definition) is 6. The van der Waals surface area contributed by atoms with Crippen molar-refractivity contribution in [1.29, 1.82) is 0 Å². The number of primary amides is 1. The lowest BCUT2D eigenvalue weighted by Gasteiger charge is -2.27. The van der Waals surface area contributed by atoms with E-state index < -0.39 is 23.9 Å². The lowest BCUT2D eigenvalue weighted by molar-refractivity contribution is -0.140. The Labute approximate surface area is 255 Å². The summed E-state index contributed by atoms with van der Waals surface area (Å²) in [5.74, 6) is -1.71. The van der Waals surface area contributed by atoms with E-state index in [0.29, 0.717) is 12.2 Å². The van der Waals surface area contributed by atoms with Gasteiger partial charge >= 0.3 is 0 Å². The van der Waals surface area contributed by atoms with E-state index in [9.17, 15) is 24.0 Å². The molecule has 0 aromatic heterocycles. The molecule has 11 heteroatoms. The number of amides is 5. The van der Waals surface area contributed by atoms with Gasteiger partial charge < -0.3 is 30.5 Å². The van der Waals surface area contributed by atoms with Crippen LogP contribution in [0.1, 0.15) is 35.2 Å². The quantitative estimate of drug-likeness (QED) is 0.468. The van der Waals surface area contributed by atoms with E-state index in [1.807, 2.05) is 42.5 Å². The highest BCUT2D eigenvalue weighted by Crippen LogP contribution is 2.26. The SMILES string of the molecule is CN1CC(=O)N2CC(NC(=O)Cc3cccc4ccccc34)CC2COc2ccccc2C(=O)N(C)C(C(N)=O)CCC1=O. The zero-order valence-electron chi connectivity index (χ0n) is 24.9. The van der Waals surface area contributed by atoms with Gasteiger partial charge in [0.05, 0.1) is 24.6 Å². The smallest absolute Gasteiger partial charge is 0.258 e. The summed E-state index contributed by atoms with van der Waals surface area (Å²) in [6.07, 6.45) is 0.558. The number of nitrogens with one attached hydrogen (secondary N) is 1. The van der Waals surface area contributed by atoms with E-state index in [1.165, 1.54) is 23.9 Å². The highest BCUT2D eigenvalue weighted by Gasteiger charge is 2.38. The molecule has 5 amide bonds. The van der Waals surface area contributed by atoms with E-state index in [0.717, 1.165) is 16.3 Å². The van der Waals surface area contributed by atoms with Crippen molar-refractivity contribution in [1.82, 2.24) is 20.0 Å². The Morgan fingerprint density at radius 1 is 0.955 bits per heavy atom. The highest BCUT2D eigenvalue weighted by atomic mass is 16.5. The maximum atomic E-state index is 13.5. The van der Waals surface area contributed by atoms with Crippen LogP contribution in [0, 0.1) is 0 Å². The Morgan fingerprint density at radius 2 is 1.68 bits per heavy atom. The molecule has 3 aromatic carbocycles. The Balaban J connectivity index is 1.36. The average Bonchev–Trinajstić information content (AvgIpc) is 3.41. The fourth-order valence-corrected chi connectivity index (χ4v) is 6.03. The second-order valence-corrected chi connectivity index (χ2v) is 11.4. The van der Waals surface area contributed by atoms with Gasteiger partial charge in [0.15, 0.2) is 0 Å². The van der Waals surface area contributed by atoms with Crippen LogP contribution in [0.15, 0.2) is 66.7 Å². The molecule has 11 nitrogen and oxygen atoms in total. The molecule has 0 saturated carbocycles. The molecule has 0 aliphatic carbocycles. The van der Waals surface area contributed by atoms with E-state index in [2.05, 4.69) is 5.32 Å². The number of likely N-dealkylation sites (N-methyl/N-ethyl adjacent to an activating group) is 2. The molecule has 2 heterocycles. The summed E-state index contributed by atoms with van der Waals surface area (Å²) >= 11 is 0. The molecule has 1 fully saturated rings. The Kier molecular flexibility index (Phi) is 9.12. The minimum atomic E-state index is -1.02. The van der Waals surface area contributed by atoms with Crippen LogP contribution in [0.2, 0.25) is 0 Å². The predicted octanol–water partition coefficient (Wildman–Crippen LogP) is 1.73. The van der Waals surface area contributed by atoms with Gasteiger partial charge in [0.1, 0.15) is 18.4 Å². The van der Waals surface area contributed by atoms with E-state index >= 15 is 0 Å². The molecule has 3 aromatic rings. The number of nitrogens with zero attached hydrogens (tertiary/aromatic N) is 3. The number of carbonyl (C=O) groups excluding carboxylic acids is 5. The molecule has 0 bridgehead atoms. The summed E-state index contributed by atoms with van der Waals surface area (Å²) in [5, 5.41) is 5.16. The number of fused-ring (bicyclic) bond motifs is 3. The average molecular weight is 600 g/mol. The normalized spacial score (nSPS) is 21.6. The minimum Gasteiger partial charge on any atom is -0.491 e. The molecule has 5 rings (SSSR count). The standard InChI is InChI=1S/C33H37N5O6/c1-36-19-31(41)38-18-23(35-29(39)16-22-10-7-9-21-8-3-4-11-25(21)22)17-24(38)20-44-28-13-6-5-12-26(28)33(43)37(2)27(32(34)42)14-15-30(36)40/h3-13,23-24,27H,14-20H2,1-2H3,(H2,34,42)(H,35,39). The lowest BCUT2D eigenvalue weighted by Crippen LogP contribution is -2.47. The largest absolute Gasteiger partial charge is 0.491 e. The Hall–Kier alpha value is -4.93. The molecular weight excluding hydrogens is 562 g/mol. The van der Waals surface area contributed by atoms with Gasteiger partial charge in [-0.2, -0.15) is 0 Å². The first-order valence-electron chi connectivity index (χ1n) is 14.7. The minimum absolute atomic E-state index is 0.00903. The van der Waals surface area contributed by atoms with Crippen molar-refractivity contribution < 1.29 is 28.7 Å². The van der Waals surface area contributed by atoms with Crippen LogP contribution in [-0.4, -0.2) is 96.2 Å². The molecule has 2 aliphatic heterocycles. The van der Waals surface area contributed by atoms with Gasteiger partial charge in [-0.05, 0) is 41.3 Å². The van der Waals surface area contributed by atoms with Crippen molar-refractivity contribution in [3.8, 4) is 5.75 Å². The van der Waals surface area contributed by atoms with Gasteiger partial charge in [-0.1, -0.05) is 54.6 Å². The molecular formula is C33H37N5O6. The number of carbonyl (C=O) groups is 5. The summed E-state index contributed by atoms with van der Waals surface area (Å²) in [6.45, 7) is 0.133. The van der Waals surface area contributed by atoms with Crippen molar-refractivity contribution in [2.75, 3.05) is 33.8 Å². The van der Waals surface area contributed by atoms with Gasteiger partial charge in [0.2, 0.25) is 23.6 Å². The number of rotatable bonds is 4. The van der Waals surface area contributed by atoms with Crippen molar-refractivity contribution in [3.63, 3.8) is 0 Å². The van der Waals surface area contributed by atoms with Crippen LogP contribution < -0.4 is 15.8 Å². The van der Waals surface area contributed by atoms with Crippen LogP contribution in [-0.2, 0) is 25.6 Å². The van der Waals surface area contributed by atoms with Gasteiger partial charge in [-0.15, -0.1) is 0 Å². The van der Waals surface area contributed by atoms with E-state index in [-0.39, 0.29) is 68.3 Å². The lowest BCUT2D eigenvalue weighted by atomic mass is 10.0. The Morgan fingerprint density at radius 3 is 2.48 bits per heavy atom. The Bertz CT molecular complexity index is 1590. The van der Waals surface area contributed by atoms with Gasteiger partial charge in [0.25, 0.3) is 5.91 Å². The topological polar surface area (TPSA) is 142 Å². The van der Waals surface area contributed by atoms with E-state index in [1.54, 1.807) is 29.2 Å². The first-order chi connectivity index (χ1) is 21.1. The number of hydrogen-bond donors (Lipinski definition) is 2. The summed E-state index contributed by atoms with van der Waals surface area (Å²) < 4.78 is 6.13. The second kappa shape index (κ2) is 13.2. The molecule has 0 spiro atoms. The monoisotopic (exact) mass is 599 g/mol. The summed E-state index contributed by atoms with van der Waals surface area (Å²) in [6, 6.07) is 18.7. The fourth-order valence-electron chi connectivity index (χ4n) is 6.03. The molecule has 0 radical (unpaired) electrons. The number of nitrogens with two attached hydrogens (primary N) is 1. The van der Waals surface area contributed by atoms with Crippen molar-refractivity contribution >= 4 is 40.3 Å². The molecule has 3 N–H and O–H groups in total. The highest BCUT2D eigenvalue weighted by molar-refractivity contribution is 5.99. The fraction of sp³-hybridized carbons (Fsp3) is 0.364. The van der Waals surface area contributed by atoms with Gasteiger partial charge in [-0.3, -0.25) is 24.0 Å². The zero-order valence-corrected chi connectivity index (χ0v) is 24.9. The predicted molar refractivity (Wildman–Crippen MR) is 164 cm³/mol. The molecule has 3 unspecified atom stereocenters. The first kappa shape index (κ1) is 30.5. The second-order valence-electron chi connectivity index (χ2n) is 11.4. The number of para-hydroxylation sites is 1. The van der Waals surface area contributed by atoms with Gasteiger partial charge in [-0.25, -0.2) is 0 Å². The molecule has 2 aliphatic rings. The molecule has 1 saturated heterocycles. The van der Waals surface area contributed by atoms with Crippen molar-refractivity contribution in [2.45, 2.75) is 43.8 Å². The van der Waals surface area contributed by atoms with Crippen molar-refractivity contribution in [2.24, 2.45) is 5.73 Å². The zero-order chi connectivity index (χ0) is 31.4. The number of benzene rings is 3. The number of ether oxygens (including phenoxy) is 1. The van der Waals surface area contributed by atoms with Crippen LogP contribution in [0.25, 0.3) is 10.8 Å². The van der Waals surface area contributed by atoms with Crippen LogP contribution >= 0.6 is 0 Å². The molecule has 3 atom stereocenters. The summed E-state index contributed by atoms with van der Waals surface area (Å²) in [4.78, 5) is 69.5. The van der Waals surface area contributed by atoms with Crippen LogP contribution in [0.3, 0.4) is 0 Å². The van der Waals surface area contributed by atoms with Gasteiger partial charge in [0, 0.05) is 33.1 Å². The third kappa shape index (κ3) is 6.66. The summed E-state index contributed by atoms with van der Waals surface area (Å²) in [5.41, 5.74) is 6.75. The molecule has 44 heavy (non-hydrogen) atoms. The maximum absolute atomic E-state index is 13.5. The third-order valence-electron chi connectivity index (χ3n) is 8.43. The van der Waals surface area contributed by atoms with Crippen LogP contribution in [0.4, 0.5) is 0 Å². The van der Waals surface area contributed by atoms with Crippen LogP contribution in [0.5, 0.6) is 5.75 Å². The van der Waals surface area contributed by atoms with E-state index in [4.69, 9.17) is 10.5 Å². The third-order valence-corrected chi connectivity index (χ3v) is 8.43.